The second-order valence-corrected chi connectivity index (χ2v) is 11.6. The Morgan fingerprint density at radius 2 is 1.63 bits per heavy atom. The number of nitrogens with zero attached hydrogens (tertiary/aromatic N) is 5. The summed E-state index contributed by atoms with van der Waals surface area (Å²) < 4.78 is 31.7. The van der Waals surface area contributed by atoms with Crippen LogP contribution in [0.3, 0.4) is 0 Å². The van der Waals surface area contributed by atoms with Crippen LogP contribution >= 0.6 is 0 Å². The highest BCUT2D eigenvalue weighted by atomic mass is 32.2. The number of benzene rings is 2. The number of hydrogen-bond donors (Lipinski definition) is 0. The Hall–Kier alpha value is -3.70. The predicted octanol–water partition coefficient (Wildman–Crippen LogP) is 2.55. The lowest BCUT2D eigenvalue weighted by molar-refractivity contribution is -0.119. The van der Waals surface area contributed by atoms with Crippen molar-refractivity contribution in [3.8, 4) is 11.4 Å². The molecular weight excluding hydrogens is 506 g/mol. The third kappa shape index (κ3) is 4.91. The maximum Gasteiger partial charge on any atom is 0.277 e. The van der Waals surface area contributed by atoms with Gasteiger partial charge in [0, 0.05) is 36.8 Å². The Labute approximate surface area is 222 Å². The molecule has 0 bridgehead atoms. The third-order valence-electron chi connectivity index (χ3n) is 7.13. The summed E-state index contributed by atoms with van der Waals surface area (Å²) in [6.45, 7) is 2.60. The first kappa shape index (κ1) is 25.9. The van der Waals surface area contributed by atoms with Gasteiger partial charge in [-0.05, 0) is 80.9 Å². The first-order valence-corrected chi connectivity index (χ1v) is 14.4. The Morgan fingerprint density at radius 1 is 1.00 bits per heavy atom. The lowest BCUT2D eigenvalue weighted by atomic mass is 10.1. The van der Waals surface area contributed by atoms with Crippen molar-refractivity contribution in [1.29, 1.82) is 0 Å². The van der Waals surface area contributed by atoms with E-state index in [0.717, 1.165) is 37.9 Å². The molecule has 200 valence electrons. The van der Waals surface area contributed by atoms with E-state index in [-0.39, 0.29) is 22.5 Å². The molecule has 0 atom stereocenters. The fraction of sp³-hybridized carbons (Fsp3) is 0.370. The summed E-state index contributed by atoms with van der Waals surface area (Å²) in [7, 11) is -0.338. The standard InChI is InChI=1S/C27H31N5O5S/c1-29(24(33)18-30-15-4-5-16-30)19-6-8-20(9-7-19)31-17-14-23-25(27(31)34)32(28-26(23)38(3,35)36)21-10-12-22(37-2)13-11-21/h6-13H,4-5,14-18H2,1-3H3. The van der Waals surface area contributed by atoms with Crippen LogP contribution in [0.2, 0.25) is 0 Å². The molecule has 0 unspecified atom stereocenters. The van der Waals surface area contributed by atoms with Crippen molar-refractivity contribution < 1.29 is 22.7 Å². The van der Waals surface area contributed by atoms with Gasteiger partial charge >= 0.3 is 0 Å². The molecule has 3 aromatic rings. The van der Waals surface area contributed by atoms with Crippen molar-refractivity contribution in [3.05, 3.63) is 59.8 Å². The van der Waals surface area contributed by atoms with E-state index in [0.29, 0.717) is 42.2 Å². The number of fused-ring (bicyclic) bond motifs is 1. The summed E-state index contributed by atoms with van der Waals surface area (Å²) >= 11 is 0. The highest BCUT2D eigenvalue weighted by Gasteiger charge is 2.36. The summed E-state index contributed by atoms with van der Waals surface area (Å²) in [6.07, 6.45) is 3.70. The molecule has 2 aliphatic heterocycles. The highest BCUT2D eigenvalue weighted by Crippen LogP contribution is 2.32. The fourth-order valence-electron chi connectivity index (χ4n) is 5.02. The molecule has 0 radical (unpaired) electrons. The Balaban J connectivity index is 1.43. The molecule has 2 amide bonds. The van der Waals surface area contributed by atoms with E-state index in [1.807, 2.05) is 24.3 Å². The van der Waals surface area contributed by atoms with Crippen LogP contribution in [-0.4, -0.2) is 81.5 Å². The molecule has 0 spiro atoms. The van der Waals surface area contributed by atoms with Gasteiger partial charge in [-0.3, -0.25) is 14.5 Å². The van der Waals surface area contributed by atoms with Gasteiger partial charge in [-0.15, -0.1) is 0 Å². The Morgan fingerprint density at radius 3 is 2.24 bits per heavy atom. The molecule has 1 saturated heterocycles. The van der Waals surface area contributed by atoms with E-state index in [1.165, 1.54) is 4.68 Å². The number of hydrogen-bond acceptors (Lipinski definition) is 7. The smallest absolute Gasteiger partial charge is 0.277 e. The van der Waals surface area contributed by atoms with Crippen LogP contribution in [0.5, 0.6) is 5.75 Å². The molecular formula is C27H31N5O5S. The zero-order valence-electron chi connectivity index (χ0n) is 21.8. The molecule has 2 aliphatic rings. The third-order valence-corrected chi connectivity index (χ3v) is 8.16. The molecule has 0 N–H and O–H groups in total. The summed E-state index contributed by atoms with van der Waals surface area (Å²) in [5, 5.41) is 4.28. The molecule has 1 fully saturated rings. The van der Waals surface area contributed by atoms with Gasteiger partial charge in [-0.2, -0.15) is 5.10 Å². The number of anilines is 2. The second kappa shape index (κ2) is 10.2. The lowest BCUT2D eigenvalue weighted by Gasteiger charge is -2.28. The average Bonchev–Trinajstić information content (AvgIpc) is 3.57. The fourth-order valence-corrected chi connectivity index (χ4v) is 5.90. The first-order valence-electron chi connectivity index (χ1n) is 12.5. The number of carbonyl (C=O) groups is 2. The Bertz CT molecular complexity index is 1460. The van der Waals surface area contributed by atoms with Crippen LogP contribution in [0, 0.1) is 0 Å². The van der Waals surface area contributed by atoms with Crippen molar-refractivity contribution in [2.24, 2.45) is 0 Å². The van der Waals surface area contributed by atoms with Crippen molar-refractivity contribution >= 4 is 33.0 Å². The minimum absolute atomic E-state index is 0.0232. The van der Waals surface area contributed by atoms with Gasteiger partial charge < -0.3 is 14.5 Å². The molecule has 2 aromatic carbocycles. The monoisotopic (exact) mass is 537 g/mol. The largest absolute Gasteiger partial charge is 0.497 e. The number of rotatable bonds is 7. The Kier molecular flexibility index (Phi) is 6.97. The molecule has 11 heteroatoms. The number of amides is 2. The number of carbonyl (C=O) groups excluding carboxylic acids is 2. The number of methoxy groups -OCH3 is 1. The maximum atomic E-state index is 13.8. The molecule has 0 aliphatic carbocycles. The van der Waals surface area contributed by atoms with Gasteiger partial charge in [0.15, 0.2) is 14.9 Å². The van der Waals surface area contributed by atoms with E-state index in [4.69, 9.17) is 4.74 Å². The summed E-state index contributed by atoms with van der Waals surface area (Å²) in [6, 6.07) is 14.2. The van der Waals surface area contributed by atoms with Gasteiger partial charge in [0.05, 0.1) is 19.3 Å². The van der Waals surface area contributed by atoms with Gasteiger partial charge in [-0.1, -0.05) is 0 Å². The molecule has 10 nitrogen and oxygen atoms in total. The van der Waals surface area contributed by atoms with Gasteiger partial charge in [-0.25, -0.2) is 13.1 Å². The normalized spacial score (nSPS) is 16.0. The predicted molar refractivity (Wildman–Crippen MR) is 144 cm³/mol. The van der Waals surface area contributed by atoms with Crippen molar-refractivity contribution in [3.63, 3.8) is 0 Å². The van der Waals surface area contributed by atoms with Crippen molar-refractivity contribution in [2.45, 2.75) is 24.3 Å². The molecule has 1 aromatic heterocycles. The van der Waals surface area contributed by atoms with Crippen LogP contribution < -0.4 is 14.5 Å². The van der Waals surface area contributed by atoms with Gasteiger partial charge in [0.1, 0.15) is 11.4 Å². The van der Waals surface area contributed by atoms with Crippen molar-refractivity contribution in [1.82, 2.24) is 14.7 Å². The molecule has 5 rings (SSSR count). The molecule has 0 saturated carbocycles. The quantitative estimate of drug-likeness (QED) is 0.456. The SMILES string of the molecule is COc1ccc(-n2nc(S(C)(=O)=O)c3c2C(=O)N(c2ccc(N(C)C(=O)CN4CCCC4)cc2)CC3)cc1. The van der Waals surface area contributed by atoms with E-state index in [1.54, 1.807) is 48.2 Å². The van der Waals surface area contributed by atoms with Crippen LogP contribution in [0.4, 0.5) is 11.4 Å². The number of likely N-dealkylation sites (N-methyl/N-ethyl adjacent to an activating group) is 1. The number of ether oxygens (including phenoxy) is 1. The average molecular weight is 538 g/mol. The zero-order chi connectivity index (χ0) is 27.0. The zero-order valence-corrected chi connectivity index (χ0v) is 22.6. The van der Waals surface area contributed by atoms with E-state index in [9.17, 15) is 18.0 Å². The topological polar surface area (TPSA) is 105 Å². The summed E-state index contributed by atoms with van der Waals surface area (Å²) in [5.74, 6) is 0.320. The minimum atomic E-state index is -3.65. The van der Waals surface area contributed by atoms with Crippen LogP contribution in [0.25, 0.3) is 5.69 Å². The van der Waals surface area contributed by atoms with Crippen molar-refractivity contribution in [2.75, 3.05) is 56.4 Å². The van der Waals surface area contributed by atoms with Crippen LogP contribution in [0.1, 0.15) is 28.9 Å². The summed E-state index contributed by atoms with van der Waals surface area (Å²) in [5.41, 5.74) is 2.61. The second-order valence-electron chi connectivity index (χ2n) is 9.67. The molecule has 38 heavy (non-hydrogen) atoms. The van der Waals surface area contributed by atoms with E-state index >= 15 is 0 Å². The van der Waals surface area contributed by atoms with Crippen LogP contribution in [0.15, 0.2) is 53.6 Å². The lowest BCUT2D eigenvalue weighted by Crippen LogP contribution is -2.39. The van der Waals surface area contributed by atoms with Crippen LogP contribution in [-0.2, 0) is 21.1 Å². The highest BCUT2D eigenvalue weighted by molar-refractivity contribution is 7.90. The number of aromatic nitrogens is 2. The van der Waals surface area contributed by atoms with E-state index < -0.39 is 9.84 Å². The van der Waals surface area contributed by atoms with Gasteiger partial charge in [0.25, 0.3) is 5.91 Å². The first-order chi connectivity index (χ1) is 18.2. The molecule has 3 heterocycles. The summed E-state index contributed by atoms with van der Waals surface area (Å²) in [4.78, 5) is 31.9. The number of likely N-dealkylation sites (tertiary alicyclic amines) is 1. The number of sulfone groups is 1. The van der Waals surface area contributed by atoms with Gasteiger partial charge in [0.2, 0.25) is 5.91 Å². The minimum Gasteiger partial charge on any atom is -0.497 e. The van der Waals surface area contributed by atoms with E-state index in [2.05, 4.69) is 10.00 Å². The maximum absolute atomic E-state index is 13.8.